The molecule has 1 aromatic heterocycles. The Labute approximate surface area is 201 Å². The maximum Gasteiger partial charge on any atom is 0.261 e. The van der Waals surface area contributed by atoms with Gasteiger partial charge in [0.15, 0.2) is 0 Å². The van der Waals surface area contributed by atoms with E-state index in [9.17, 15) is 21.6 Å². The standard InChI is InChI=1S/C20H18Cl2N4O5S2/c1-32(28,29)26(18-10-14(21)9-15(22)11-18)13-20(27)24-16-4-6-19(7-5-16)33(30,31)25-17-3-2-8-23-12-17/h2-12,25H,13H2,1H3,(H,24,27). The number of rotatable bonds is 8. The summed E-state index contributed by atoms with van der Waals surface area (Å²) in [6.07, 6.45) is 3.83. The van der Waals surface area contributed by atoms with Crippen molar-refractivity contribution in [1.82, 2.24) is 4.98 Å². The van der Waals surface area contributed by atoms with Crippen LogP contribution in [0.1, 0.15) is 0 Å². The minimum absolute atomic E-state index is 0.0318. The van der Waals surface area contributed by atoms with Gasteiger partial charge in [-0.15, -0.1) is 0 Å². The third kappa shape index (κ3) is 6.81. The van der Waals surface area contributed by atoms with Crippen molar-refractivity contribution >= 4 is 66.2 Å². The van der Waals surface area contributed by atoms with Crippen LogP contribution in [0.25, 0.3) is 0 Å². The second kappa shape index (κ2) is 9.96. The zero-order valence-electron chi connectivity index (χ0n) is 17.1. The zero-order chi connectivity index (χ0) is 24.2. The predicted molar refractivity (Wildman–Crippen MR) is 129 cm³/mol. The van der Waals surface area contributed by atoms with Crippen molar-refractivity contribution in [3.05, 3.63) is 77.0 Å². The Balaban J connectivity index is 1.73. The second-order valence-corrected chi connectivity index (χ2v) is 11.3. The first kappa shape index (κ1) is 24.8. The van der Waals surface area contributed by atoms with Gasteiger partial charge in [-0.1, -0.05) is 23.2 Å². The Morgan fingerprint density at radius 2 is 1.61 bits per heavy atom. The number of benzene rings is 2. The Hall–Kier alpha value is -2.86. The van der Waals surface area contributed by atoms with E-state index >= 15 is 0 Å². The van der Waals surface area contributed by atoms with E-state index in [1.165, 1.54) is 54.9 Å². The van der Waals surface area contributed by atoms with Crippen LogP contribution in [-0.4, -0.2) is 40.5 Å². The first-order valence-electron chi connectivity index (χ1n) is 9.21. The number of pyridine rings is 1. The van der Waals surface area contributed by atoms with Crippen molar-refractivity contribution in [1.29, 1.82) is 0 Å². The summed E-state index contributed by atoms with van der Waals surface area (Å²) in [4.78, 5) is 16.3. The molecule has 0 saturated heterocycles. The van der Waals surface area contributed by atoms with E-state index in [4.69, 9.17) is 23.2 Å². The van der Waals surface area contributed by atoms with Gasteiger partial charge in [0.2, 0.25) is 15.9 Å². The van der Waals surface area contributed by atoms with Gasteiger partial charge in [-0.2, -0.15) is 0 Å². The molecule has 0 aliphatic carbocycles. The molecule has 33 heavy (non-hydrogen) atoms. The summed E-state index contributed by atoms with van der Waals surface area (Å²) >= 11 is 11.9. The summed E-state index contributed by atoms with van der Waals surface area (Å²) in [6, 6.07) is 12.7. The number of sulfonamides is 2. The SMILES string of the molecule is CS(=O)(=O)N(CC(=O)Nc1ccc(S(=O)(=O)Nc2cccnc2)cc1)c1cc(Cl)cc(Cl)c1. The minimum atomic E-state index is -3.86. The number of hydrogen-bond donors (Lipinski definition) is 2. The molecule has 9 nitrogen and oxygen atoms in total. The van der Waals surface area contributed by atoms with Gasteiger partial charge in [0.1, 0.15) is 6.54 Å². The van der Waals surface area contributed by atoms with Crippen LogP contribution in [0.2, 0.25) is 10.0 Å². The Kier molecular flexibility index (Phi) is 7.48. The highest BCUT2D eigenvalue weighted by Gasteiger charge is 2.22. The average molecular weight is 529 g/mol. The van der Waals surface area contributed by atoms with Gasteiger partial charge in [0, 0.05) is 21.9 Å². The van der Waals surface area contributed by atoms with Crippen LogP contribution < -0.4 is 14.3 Å². The molecule has 0 radical (unpaired) electrons. The lowest BCUT2D eigenvalue weighted by atomic mass is 10.3. The Morgan fingerprint density at radius 1 is 0.970 bits per heavy atom. The molecule has 0 fully saturated rings. The molecule has 174 valence electrons. The third-order valence-electron chi connectivity index (χ3n) is 4.18. The molecule has 2 aromatic carbocycles. The number of nitrogens with one attached hydrogen (secondary N) is 2. The highest BCUT2D eigenvalue weighted by Crippen LogP contribution is 2.27. The van der Waals surface area contributed by atoms with E-state index in [0.29, 0.717) is 5.69 Å². The topological polar surface area (TPSA) is 126 Å². The van der Waals surface area contributed by atoms with Crippen molar-refractivity contribution in [3.8, 4) is 0 Å². The zero-order valence-corrected chi connectivity index (χ0v) is 20.2. The van der Waals surface area contributed by atoms with Crippen molar-refractivity contribution in [3.63, 3.8) is 0 Å². The van der Waals surface area contributed by atoms with E-state index < -0.39 is 32.5 Å². The van der Waals surface area contributed by atoms with Crippen molar-refractivity contribution in [2.75, 3.05) is 27.1 Å². The lowest BCUT2D eigenvalue weighted by Gasteiger charge is -2.22. The van der Waals surface area contributed by atoms with Crippen LogP contribution in [0.4, 0.5) is 17.1 Å². The van der Waals surface area contributed by atoms with Crippen molar-refractivity contribution < 1.29 is 21.6 Å². The highest BCUT2D eigenvalue weighted by atomic mass is 35.5. The van der Waals surface area contributed by atoms with Gasteiger partial charge in [0.25, 0.3) is 10.0 Å². The summed E-state index contributed by atoms with van der Waals surface area (Å²) in [5.41, 5.74) is 0.711. The van der Waals surface area contributed by atoms with Crippen molar-refractivity contribution in [2.24, 2.45) is 0 Å². The van der Waals surface area contributed by atoms with Crippen molar-refractivity contribution in [2.45, 2.75) is 4.90 Å². The fraction of sp³-hybridized carbons (Fsp3) is 0.100. The molecule has 3 rings (SSSR count). The highest BCUT2D eigenvalue weighted by molar-refractivity contribution is 7.92. The molecule has 1 amide bonds. The van der Waals surface area contributed by atoms with Crippen LogP contribution in [0, 0.1) is 0 Å². The third-order valence-corrected chi connectivity index (χ3v) is 7.16. The number of amides is 1. The van der Waals surface area contributed by atoms with Crippen LogP contribution in [-0.2, 0) is 24.8 Å². The molecular formula is C20H18Cl2N4O5S2. The molecule has 3 aromatic rings. The molecule has 0 spiro atoms. The molecule has 0 saturated carbocycles. The monoisotopic (exact) mass is 528 g/mol. The van der Waals surface area contributed by atoms with Crippen LogP contribution in [0.15, 0.2) is 71.9 Å². The number of carbonyl (C=O) groups is 1. The van der Waals surface area contributed by atoms with E-state index in [1.54, 1.807) is 12.1 Å². The molecule has 13 heteroatoms. The lowest BCUT2D eigenvalue weighted by Crippen LogP contribution is -2.37. The number of anilines is 3. The summed E-state index contributed by atoms with van der Waals surface area (Å²) < 4.78 is 52.7. The Bertz CT molecular complexity index is 1350. The van der Waals surface area contributed by atoms with Gasteiger partial charge in [0.05, 0.1) is 28.7 Å². The second-order valence-electron chi connectivity index (χ2n) is 6.82. The van der Waals surface area contributed by atoms with Crippen LogP contribution >= 0.6 is 23.2 Å². The van der Waals surface area contributed by atoms with E-state index in [-0.39, 0.29) is 26.3 Å². The first-order valence-corrected chi connectivity index (χ1v) is 13.3. The average Bonchev–Trinajstić information content (AvgIpc) is 2.71. The fourth-order valence-electron chi connectivity index (χ4n) is 2.77. The lowest BCUT2D eigenvalue weighted by molar-refractivity contribution is -0.114. The maximum absolute atomic E-state index is 12.5. The smallest absolute Gasteiger partial charge is 0.261 e. The molecule has 0 bridgehead atoms. The summed E-state index contributed by atoms with van der Waals surface area (Å²) in [7, 11) is -7.69. The fourth-order valence-corrected chi connectivity index (χ4v) is 5.17. The molecule has 0 aliphatic heterocycles. The predicted octanol–water partition coefficient (Wildman–Crippen LogP) is 3.59. The first-order chi connectivity index (χ1) is 15.4. The van der Waals surface area contributed by atoms with E-state index in [0.717, 1.165) is 10.6 Å². The van der Waals surface area contributed by atoms with E-state index in [2.05, 4.69) is 15.0 Å². The quantitative estimate of drug-likeness (QED) is 0.460. The largest absolute Gasteiger partial charge is 0.325 e. The van der Waals surface area contributed by atoms with Gasteiger partial charge >= 0.3 is 0 Å². The molecule has 1 heterocycles. The van der Waals surface area contributed by atoms with Crippen LogP contribution in [0.5, 0.6) is 0 Å². The summed E-state index contributed by atoms with van der Waals surface area (Å²) in [5, 5.41) is 2.96. The van der Waals surface area contributed by atoms with Gasteiger partial charge in [-0.3, -0.25) is 18.8 Å². The number of aromatic nitrogens is 1. The van der Waals surface area contributed by atoms with E-state index in [1.807, 2.05) is 0 Å². The molecule has 0 aliphatic rings. The minimum Gasteiger partial charge on any atom is -0.325 e. The Morgan fingerprint density at radius 3 is 2.15 bits per heavy atom. The summed E-state index contributed by atoms with van der Waals surface area (Å²) in [6.45, 7) is -0.544. The van der Waals surface area contributed by atoms with Crippen LogP contribution in [0.3, 0.4) is 0 Å². The number of nitrogens with zero attached hydrogens (tertiary/aromatic N) is 2. The van der Waals surface area contributed by atoms with Gasteiger partial charge in [-0.25, -0.2) is 16.8 Å². The van der Waals surface area contributed by atoms with Gasteiger partial charge < -0.3 is 5.32 Å². The normalized spacial score (nSPS) is 11.6. The molecule has 2 N–H and O–H groups in total. The molecular weight excluding hydrogens is 511 g/mol. The number of halogens is 2. The number of carbonyl (C=O) groups excluding carboxylic acids is 1. The molecule has 0 atom stereocenters. The summed E-state index contributed by atoms with van der Waals surface area (Å²) in [5.74, 6) is -0.652. The maximum atomic E-state index is 12.5. The van der Waals surface area contributed by atoms with Gasteiger partial charge in [-0.05, 0) is 54.6 Å². The number of hydrogen-bond acceptors (Lipinski definition) is 6. The molecule has 0 unspecified atom stereocenters.